The second kappa shape index (κ2) is 9.31. The molecular formula is C45H42BClN2. The summed E-state index contributed by atoms with van der Waals surface area (Å²) >= 11 is 6.92. The molecule has 49 heavy (non-hydrogen) atoms. The van der Waals surface area contributed by atoms with Crippen LogP contribution in [0.5, 0.6) is 0 Å². The highest BCUT2D eigenvalue weighted by molar-refractivity contribution is 7.00. The summed E-state index contributed by atoms with van der Waals surface area (Å²) in [5, 5.41) is 2.14. The molecule has 0 saturated heterocycles. The van der Waals surface area contributed by atoms with E-state index < -0.39 is 0 Å². The lowest BCUT2D eigenvalue weighted by molar-refractivity contribution is 0.332. The fourth-order valence-electron chi connectivity index (χ4n) is 10.3. The van der Waals surface area contributed by atoms with Crippen LogP contribution in [0.15, 0.2) is 84.9 Å². The molecule has 242 valence electrons. The van der Waals surface area contributed by atoms with Gasteiger partial charge in [-0.05, 0) is 118 Å². The largest absolute Gasteiger partial charge is 0.311 e. The van der Waals surface area contributed by atoms with Gasteiger partial charge in [0.1, 0.15) is 0 Å². The van der Waals surface area contributed by atoms with Gasteiger partial charge in [-0.15, -0.1) is 0 Å². The molecule has 2 aliphatic carbocycles. The predicted molar refractivity (Wildman–Crippen MR) is 210 cm³/mol. The van der Waals surface area contributed by atoms with Crippen molar-refractivity contribution in [1.29, 1.82) is 0 Å². The van der Waals surface area contributed by atoms with E-state index in [0.717, 1.165) is 5.02 Å². The third-order valence-corrected chi connectivity index (χ3v) is 13.1. The number of para-hydroxylation sites is 1. The van der Waals surface area contributed by atoms with Crippen LogP contribution >= 0.6 is 11.6 Å². The van der Waals surface area contributed by atoms with E-state index in [4.69, 9.17) is 11.6 Å². The zero-order chi connectivity index (χ0) is 33.9. The Labute approximate surface area is 295 Å². The first-order valence-electron chi connectivity index (χ1n) is 18.0. The minimum Gasteiger partial charge on any atom is -0.311 e. The number of halogens is 1. The molecule has 4 aliphatic rings. The number of hydrogen-bond acceptors (Lipinski definition) is 1. The summed E-state index contributed by atoms with van der Waals surface area (Å²) in [5.74, 6) is 0. The summed E-state index contributed by atoms with van der Waals surface area (Å²) < 4.78 is 2.64. The molecule has 0 amide bonds. The van der Waals surface area contributed by atoms with Crippen molar-refractivity contribution in [1.82, 2.24) is 4.57 Å². The SMILES string of the molecule is Cc1cc2c3c(c1)-n1c4c(c5cccc(c51)B3c1ccc(Cl)cc1N2c1cc2c(cc1C)C(C)(C)CCC2(C)C)C(C)(C)c1ccccc1-4. The molecule has 0 bridgehead atoms. The molecule has 0 atom stereocenters. The van der Waals surface area contributed by atoms with Crippen molar-refractivity contribution in [3.63, 3.8) is 0 Å². The first-order chi connectivity index (χ1) is 23.3. The van der Waals surface area contributed by atoms with E-state index in [9.17, 15) is 0 Å². The Morgan fingerprint density at radius 1 is 0.653 bits per heavy atom. The van der Waals surface area contributed by atoms with Crippen molar-refractivity contribution in [2.75, 3.05) is 4.90 Å². The van der Waals surface area contributed by atoms with Gasteiger partial charge in [-0.25, -0.2) is 0 Å². The zero-order valence-corrected chi connectivity index (χ0v) is 30.6. The Morgan fingerprint density at radius 3 is 2.14 bits per heavy atom. The second-order valence-corrected chi connectivity index (χ2v) is 17.5. The lowest BCUT2D eigenvalue weighted by atomic mass is 9.33. The van der Waals surface area contributed by atoms with Gasteiger partial charge in [-0.3, -0.25) is 0 Å². The maximum absolute atomic E-state index is 6.92. The quantitative estimate of drug-likeness (QED) is 0.160. The van der Waals surface area contributed by atoms with E-state index in [-0.39, 0.29) is 23.0 Å². The Hall–Kier alpha value is -4.21. The third-order valence-electron chi connectivity index (χ3n) is 12.8. The number of aryl methyl sites for hydroxylation is 2. The Bertz CT molecular complexity index is 2480. The molecule has 10 rings (SSSR count). The number of hydrogen-bond donors (Lipinski definition) is 0. The summed E-state index contributed by atoms with van der Waals surface area (Å²) in [6.45, 7) is 19.2. The molecule has 0 radical (unpaired) electrons. The fraction of sp³-hybridized carbons (Fsp3) is 0.289. The number of anilines is 3. The predicted octanol–water partition coefficient (Wildman–Crippen LogP) is 10.2. The van der Waals surface area contributed by atoms with Gasteiger partial charge in [0.15, 0.2) is 0 Å². The van der Waals surface area contributed by atoms with Crippen LogP contribution in [-0.2, 0) is 16.2 Å². The summed E-state index contributed by atoms with van der Waals surface area (Å²) in [7, 11) is 0. The van der Waals surface area contributed by atoms with Crippen molar-refractivity contribution in [3.8, 4) is 16.9 Å². The van der Waals surface area contributed by atoms with Crippen LogP contribution in [0.2, 0.25) is 5.02 Å². The second-order valence-electron chi connectivity index (χ2n) is 17.1. The van der Waals surface area contributed by atoms with E-state index in [1.165, 1.54) is 108 Å². The number of rotatable bonds is 1. The normalized spacial score (nSPS) is 18.1. The van der Waals surface area contributed by atoms with Crippen LogP contribution in [-0.4, -0.2) is 11.3 Å². The van der Waals surface area contributed by atoms with E-state index in [1.54, 1.807) is 0 Å². The molecule has 2 aliphatic heterocycles. The third kappa shape index (κ3) is 3.65. The molecule has 3 heterocycles. The molecule has 6 aromatic rings. The van der Waals surface area contributed by atoms with Crippen molar-refractivity contribution in [2.45, 2.75) is 84.5 Å². The molecule has 1 aromatic heterocycles. The Morgan fingerprint density at radius 2 is 1.37 bits per heavy atom. The molecule has 0 spiro atoms. The first kappa shape index (κ1) is 29.7. The van der Waals surface area contributed by atoms with Crippen LogP contribution in [0.3, 0.4) is 0 Å². The molecule has 0 saturated carbocycles. The van der Waals surface area contributed by atoms with Gasteiger partial charge in [0, 0.05) is 49.7 Å². The topological polar surface area (TPSA) is 8.17 Å². The highest BCUT2D eigenvalue weighted by Crippen LogP contribution is 2.55. The summed E-state index contributed by atoms with van der Waals surface area (Å²) in [6, 6.07) is 32.6. The monoisotopic (exact) mass is 656 g/mol. The Kier molecular flexibility index (Phi) is 5.64. The van der Waals surface area contributed by atoms with Crippen molar-refractivity contribution < 1.29 is 0 Å². The minimum atomic E-state index is -0.0980. The summed E-state index contributed by atoms with van der Waals surface area (Å²) in [4.78, 5) is 2.56. The molecule has 0 fully saturated rings. The van der Waals surface area contributed by atoms with Gasteiger partial charge in [-0.1, -0.05) is 108 Å². The lowest BCUT2D eigenvalue weighted by Gasteiger charge is -2.44. The number of benzene rings is 5. The maximum atomic E-state index is 6.92. The van der Waals surface area contributed by atoms with E-state index >= 15 is 0 Å². The standard InChI is InChI=1S/C45H42BClN2/c1-25-20-37-40-38(21-25)49-41-29(39-42(49)28-12-9-10-14-30(28)45(39,7)8)13-11-15-34(41)46(40)33-17-16-27(47)23-36(33)48(37)35-24-32-31(22-26(35)2)43(3,4)18-19-44(32,5)6/h9-17,20-24H,18-19H2,1-8H3. The van der Waals surface area contributed by atoms with Gasteiger partial charge in [-0.2, -0.15) is 0 Å². The van der Waals surface area contributed by atoms with Gasteiger partial charge < -0.3 is 9.47 Å². The van der Waals surface area contributed by atoms with Gasteiger partial charge in [0.2, 0.25) is 0 Å². The van der Waals surface area contributed by atoms with Crippen LogP contribution in [0.4, 0.5) is 17.1 Å². The fourth-order valence-corrected chi connectivity index (χ4v) is 10.5. The molecular weight excluding hydrogens is 615 g/mol. The smallest absolute Gasteiger partial charge is 0.252 e. The van der Waals surface area contributed by atoms with Crippen LogP contribution in [0, 0.1) is 13.8 Å². The van der Waals surface area contributed by atoms with Crippen LogP contribution in [0.25, 0.3) is 27.8 Å². The molecule has 0 unspecified atom stereocenters. The van der Waals surface area contributed by atoms with Crippen LogP contribution < -0.4 is 21.3 Å². The van der Waals surface area contributed by atoms with Gasteiger partial charge >= 0.3 is 0 Å². The average Bonchev–Trinajstić information content (AvgIpc) is 3.53. The van der Waals surface area contributed by atoms with Gasteiger partial charge in [0.25, 0.3) is 6.71 Å². The van der Waals surface area contributed by atoms with E-state index in [1.807, 2.05) is 0 Å². The molecule has 4 heteroatoms. The lowest BCUT2D eigenvalue weighted by Crippen LogP contribution is -2.60. The molecule has 2 nitrogen and oxygen atoms in total. The Balaban J connectivity index is 1.34. The number of fused-ring (bicyclic) bond motifs is 10. The van der Waals surface area contributed by atoms with Crippen LogP contribution in [0.1, 0.15) is 87.8 Å². The number of nitrogens with zero attached hydrogens (tertiary/aromatic N) is 2. The summed E-state index contributed by atoms with van der Waals surface area (Å²) in [5.41, 5.74) is 21.7. The molecule has 0 N–H and O–H groups in total. The van der Waals surface area contributed by atoms with Gasteiger partial charge in [0.05, 0.1) is 5.69 Å². The summed E-state index contributed by atoms with van der Waals surface area (Å²) in [6.07, 6.45) is 2.39. The van der Waals surface area contributed by atoms with Crippen molar-refractivity contribution in [2.24, 2.45) is 0 Å². The number of aromatic nitrogens is 1. The minimum absolute atomic E-state index is 0.0980. The first-order valence-corrected chi connectivity index (χ1v) is 18.4. The maximum Gasteiger partial charge on any atom is 0.252 e. The molecule has 5 aromatic carbocycles. The van der Waals surface area contributed by atoms with E-state index in [2.05, 4.69) is 150 Å². The highest BCUT2D eigenvalue weighted by Gasteiger charge is 2.47. The van der Waals surface area contributed by atoms with Crippen molar-refractivity contribution in [3.05, 3.63) is 123 Å². The van der Waals surface area contributed by atoms with Crippen molar-refractivity contribution >= 4 is 62.7 Å². The van der Waals surface area contributed by atoms with E-state index in [0.29, 0.717) is 0 Å². The zero-order valence-electron chi connectivity index (χ0n) is 29.8. The average molecular weight is 657 g/mol. The highest BCUT2D eigenvalue weighted by atomic mass is 35.5.